The van der Waals surface area contributed by atoms with E-state index in [2.05, 4.69) is 5.32 Å². The molecule has 1 heterocycles. The van der Waals surface area contributed by atoms with E-state index >= 15 is 0 Å². The summed E-state index contributed by atoms with van der Waals surface area (Å²) in [6, 6.07) is 24.4. The van der Waals surface area contributed by atoms with Crippen LogP contribution in [0.1, 0.15) is 48.0 Å². The van der Waals surface area contributed by atoms with E-state index in [-0.39, 0.29) is 29.8 Å². The summed E-state index contributed by atoms with van der Waals surface area (Å²) < 4.78 is 1.68. The van der Waals surface area contributed by atoms with Gasteiger partial charge in [0.25, 0.3) is 11.6 Å². The van der Waals surface area contributed by atoms with Gasteiger partial charge in [-0.3, -0.25) is 19.7 Å². The standard InChI is InChI=1S/C30H31N5O4/c1-21-13-15-24(16-14-21)34-27(18-26(32-34)30(2,3)4)31-28(36)20-33(19-22-9-6-5-7-10-22)29(37)23-11-8-12-25(17-23)35(38)39/h5-18H,19-20H2,1-4H3,(H,31,36). The van der Waals surface area contributed by atoms with Gasteiger partial charge in [0, 0.05) is 35.7 Å². The lowest BCUT2D eigenvalue weighted by Gasteiger charge is -2.22. The number of hydrogen-bond donors (Lipinski definition) is 1. The van der Waals surface area contributed by atoms with Gasteiger partial charge in [0.05, 0.1) is 16.3 Å². The number of hydrogen-bond acceptors (Lipinski definition) is 5. The highest BCUT2D eigenvalue weighted by Gasteiger charge is 2.24. The highest BCUT2D eigenvalue weighted by atomic mass is 16.6. The summed E-state index contributed by atoms with van der Waals surface area (Å²) in [5, 5.41) is 18.9. The molecule has 0 fully saturated rings. The molecule has 3 aromatic carbocycles. The van der Waals surface area contributed by atoms with E-state index < -0.39 is 16.7 Å². The number of aromatic nitrogens is 2. The van der Waals surface area contributed by atoms with Crippen LogP contribution >= 0.6 is 0 Å². The van der Waals surface area contributed by atoms with Gasteiger partial charge in [-0.15, -0.1) is 0 Å². The van der Waals surface area contributed by atoms with Gasteiger partial charge >= 0.3 is 0 Å². The fourth-order valence-corrected chi connectivity index (χ4v) is 4.01. The van der Waals surface area contributed by atoms with Gasteiger partial charge in [-0.05, 0) is 30.7 Å². The molecule has 39 heavy (non-hydrogen) atoms. The molecule has 0 saturated heterocycles. The summed E-state index contributed by atoms with van der Waals surface area (Å²) >= 11 is 0. The Morgan fingerprint density at radius 1 is 0.974 bits per heavy atom. The average molecular weight is 526 g/mol. The predicted octanol–water partition coefficient (Wildman–Crippen LogP) is 5.67. The van der Waals surface area contributed by atoms with Gasteiger partial charge in [0.1, 0.15) is 12.4 Å². The first-order valence-electron chi connectivity index (χ1n) is 12.6. The van der Waals surface area contributed by atoms with Gasteiger partial charge in [-0.2, -0.15) is 5.10 Å². The Kier molecular flexibility index (Phi) is 7.90. The Balaban J connectivity index is 1.63. The first kappa shape index (κ1) is 27.3. The molecule has 0 aliphatic heterocycles. The third kappa shape index (κ3) is 6.75. The van der Waals surface area contributed by atoms with E-state index in [1.54, 1.807) is 4.68 Å². The van der Waals surface area contributed by atoms with Crippen molar-refractivity contribution in [2.45, 2.75) is 39.7 Å². The number of amides is 2. The van der Waals surface area contributed by atoms with Crippen LogP contribution in [0.4, 0.5) is 11.5 Å². The van der Waals surface area contributed by atoms with Gasteiger partial charge in [-0.25, -0.2) is 4.68 Å². The molecular formula is C30H31N5O4. The molecule has 0 spiro atoms. The number of benzene rings is 3. The first-order chi connectivity index (χ1) is 18.5. The van der Waals surface area contributed by atoms with Crippen molar-refractivity contribution in [3.8, 4) is 5.69 Å². The minimum atomic E-state index is -0.552. The molecular weight excluding hydrogens is 494 g/mol. The summed E-state index contributed by atoms with van der Waals surface area (Å²) in [5.74, 6) is -0.421. The minimum absolute atomic E-state index is 0.132. The van der Waals surface area contributed by atoms with Crippen LogP contribution < -0.4 is 5.32 Å². The molecule has 0 atom stereocenters. The zero-order valence-corrected chi connectivity index (χ0v) is 22.4. The van der Waals surface area contributed by atoms with Crippen LogP contribution in [-0.4, -0.2) is 38.0 Å². The second-order valence-electron chi connectivity index (χ2n) is 10.4. The zero-order valence-electron chi connectivity index (χ0n) is 22.4. The molecule has 0 aliphatic rings. The fourth-order valence-electron chi connectivity index (χ4n) is 4.01. The second-order valence-corrected chi connectivity index (χ2v) is 10.4. The summed E-state index contributed by atoms with van der Waals surface area (Å²) in [4.78, 5) is 38.9. The molecule has 4 rings (SSSR count). The lowest BCUT2D eigenvalue weighted by Crippen LogP contribution is -2.37. The summed E-state index contributed by atoms with van der Waals surface area (Å²) in [6.07, 6.45) is 0. The Hall–Kier alpha value is -4.79. The van der Waals surface area contributed by atoms with Crippen molar-refractivity contribution in [2.75, 3.05) is 11.9 Å². The summed E-state index contributed by atoms with van der Waals surface area (Å²) in [6.45, 7) is 8.01. The van der Waals surface area contributed by atoms with Crippen molar-refractivity contribution in [2.24, 2.45) is 0 Å². The lowest BCUT2D eigenvalue weighted by molar-refractivity contribution is -0.384. The number of carbonyl (C=O) groups excluding carboxylic acids is 2. The Bertz CT molecular complexity index is 1490. The number of anilines is 1. The molecule has 0 aliphatic carbocycles. The van der Waals surface area contributed by atoms with E-state index in [4.69, 9.17) is 5.10 Å². The molecule has 9 nitrogen and oxygen atoms in total. The van der Waals surface area contributed by atoms with Gasteiger partial charge < -0.3 is 10.2 Å². The SMILES string of the molecule is Cc1ccc(-n2nc(C(C)(C)C)cc2NC(=O)CN(Cc2ccccc2)C(=O)c2cccc([N+](=O)[O-])c2)cc1. The van der Waals surface area contributed by atoms with Crippen molar-refractivity contribution in [3.05, 3.63) is 117 Å². The number of nitrogens with one attached hydrogen (secondary N) is 1. The van der Waals surface area contributed by atoms with Crippen LogP contribution in [0.2, 0.25) is 0 Å². The van der Waals surface area contributed by atoms with E-state index in [0.29, 0.717) is 5.82 Å². The Morgan fingerprint density at radius 3 is 2.31 bits per heavy atom. The van der Waals surface area contributed by atoms with Crippen LogP contribution in [0, 0.1) is 17.0 Å². The van der Waals surface area contributed by atoms with Crippen molar-refractivity contribution < 1.29 is 14.5 Å². The number of nitro benzene ring substituents is 1. The Morgan fingerprint density at radius 2 is 1.67 bits per heavy atom. The van der Waals surface area contributed by atoms with Gasteiger partial charge in [0.15, 0.2) is 0 Å². The molecule has 4 aromatic rings. The molecule has 1 N–H and O–H groups in total. The van der Waals surface area contributed by atoms with Crippen LogP contribution in [0.15, 0.2) is 84.9 Å². The molecule has 1 aromatic heterocycles. The quantitative estimate of drug-likeness (QED) is 0.235. The molecule has 0 bridgehead atoms. The summed E-state index contributed by atoms with van der Waals surface area (Å²) in [7, 11) is 0. The smallest absolute Gasteiger partial charge is 0.270 e. The van der Waals surface area contributed by atoms with E-state index in [0.717, 1.165) is 22.5 Å². The predicted molar refractivity (Wildman–Crippen MR) is 150 cm³/mol. The number of non-ortho nitro benzene ring substituents is 1. The molecule has 200 valence electrons. The number of nitrogens with zero attached hydrogens (tertiary/aromatic N) is 4. The topological polar surface area (TPSA) is 110 Å². The molecule has 0 radical (unpaired) electrons. The van der Waals surface area contributed by atoms with Crippen molar-refractivity contribution in [1.29, 1.82) is 0 Å². The summed E-state index contributed by atoms with van der Waals surface area (Å²) in [5.41, 5.74) is 3.20. The highest BCUT2D eigenvalue weighted by molar-refractivity contribution is 5.99. The van der Waals surface area contributed by atoms with Crippen molar-refractivity contribution in [1.82, 2.24) is 14.7 Å². The molecule has 0 unspecified atom stereocenters. The lowest BCUT2D eigenvalue weighted by atomic mass is 9.92. The van der Waals surface area contributed by atoms with Crippen LogP contribution in [0.3, 0.4) is 0 Å². The van der Waals surface area contributed by atoms with E-state index in [9.17, 15) is 19.7 Å². The maximum absolute atomic E-state index is 13.5. The fraction of sp³-hybridized carbons (Fsp3) is 0.233. The van der Waals surface area contributed by atoms with Gasteiger partial charge in [-0.1, -0.05) is 74.9 Å². The third-order valence-corrected chi connectivity index (χ3v) is 6.17. The zero-order chi connectivity index (χ0) is 28.2. The Labute approximate surface area is 227 Å². The number of carbonyl (C=O) groups is 2. The maximum atomic E-state index is 13.5. The van der Waals surface area contributed by atoms with Crippen molar-refractivity contribution in [3.63, 3.8) is 0 Å². The molecule has 0 saturated carbocycles. The van der Waals surface area contributed by atoms with Crippen molar-refractivity contribution >= 4 is 23.3 Å². The second kappa shape index (κ2) is 11.3. The average Bonchev–Trinajstić information content (AvgIpc) is 3.33. The molecule has 2 amide bonds. The number of nitro groups is 1. The van der Waals surface area contributed by atoms with Crippen LogP contribution in [0.25, 0.3) is 5.69 Å². The number of aryl methyl sites for hydroxylation is 1. The number of rotatable bonds is 8. The monoisotopic (exact) mass is 525 g/mol. The van der Waals surface area contributed by atoms with Gasteiger partial charge in [0.2, 0.25) is 5.91 Å². The van der Waals surface area contributed by atoms with Crippen LogP contribution in [0.5, 0.6) is 0 Å². The van der Waals surface area contributed by atoms with E-state index in [1.807, 2.05) is 88.4 Å². The molecule has 9 heteroatoms. The first-order valence-corrected chi connectivity index (χ1v) is 12.6. The minimum Gasteiger partial charge on any atom is -0.325 e. The van der Waals surface area contributed by atoms with E-state index in [1.165, 1.54) is 29.2 Å². The third-order valence-electron chi connectivity index (χ3n) is 6.17. The maximum Gasteiger partial charge on any atom is 0.270 e. The van der Waals surface area contributed by atoms with Crippen LogP contribution in [-0.2, 0) is 16.8 Å². The highest BCUT2D eigenvalue weighted by Crippen LogP contribution is 2.26. The largest absolute Gasteiger partial charge is 0.325 e. The normalized spacial score (nSPS) is 11.2.